The Morgan fingerprint density at radius 1 is 1.41 bits per heavy atom. The summed E-state index contributed by atoms with van der Waals surface area (Å²) >= 11 is 0. The SMILES string of the molecule is CCOC(=O)C1CC(=O)c2ccccc2C1C. The second-order valence-corrected chi connectivity index (χ2v) is 4.36. The second kappa shape index (κ2) is 4.70. The number of ketones is 1. The van der Waals surface area contributed by atoms with Crippen LogP contribution in [0.5, 0.6) is 0 Å². The molecule has 0 radical (unpaired) electrons. The van der Waals surface area contributed by atoms with Crippen LogP contribution in [0.15, 0.2) is 24.3 Å². The van der Waals surface area contributed by atoms with Gasteiger partial charge in [-0.3, -0.25) is 9.59 Å². The van der Waals surface area contributed by atoms with Crippen LogP contribution in [0.4, 0.5) is 0 Å². The molecule has 1 aromatic rings. The molecule has 0 aromatic heterocycles. The summed E-state index contributed by atoms with van der Waals surface area (Å²) in [6.07, 6.45) is 0.261. The molecule has 1 aliphatic rings. The molecule has 0 saturated heterocycles. The maximum absolute atomic E-state index is 11.9. The van der Waals surface area contributed by atoms with Gasteiger partial charge in [-0.2, -0.15) is 0 Å². The summed E-state index contributed by atoms with van der Waals surface area (Å²) in [5.41, 5.74) is 1.71. The summed E-state index contributed by atoms with van der Waals surface area (Å²) in [6.45, 7) is 4.12. The van der Waals surface area contributed by atoms with E-state index >= 15 is 0 Å². The highest BCUT2D eigenvalue weighted by Gasteiger charge is 2.36. The van der Waals surface area contributed by atoms with Crippen LogP contribution >= 0.6 is 0 Å². The van der Waals surface area contributed by atoms with Crippen LogP contribution < -0.4 is 0 Å². The van der Waals surface area contributed by atoms with Crippen LogP contribution in [0.25, 0.3) is 0 Å². The van der Waals surface area contributed by atoms with Crippen molar-refractivity contribution in [3.63, 3.8) is 0 Å². The van der Waals surface area contributed by atoms with Gasteiger partial charge in [0.15, 0.2) is 5.78 Å². The largest absolute Gasteiger partial charge is 0.466 e. The van der Waals surface area contributed by atoms with Crippen molar-refractivity contribution in [1.82, 2.24) is 0 Å². The molecule has 0 fully saturated rings. The molecule has 0 amide bonds. The minimum atomic E-state index is -0.336. The molecule has 1 aromatic carbocycles. The molecule has 3 nitrogen and oxygen atoms in total. The van der Waals surface area contributed by atoms with Crippen molar-refractivity contribution in [2.24, 2.45) is 5.92 Å². The van der Waals surface area contributed by atoms with E-state index in [1.165, 1.54) is 0 Å². The van der Waals surface area contributed by atoms with Crippen LogP contribution in [0.2, 0.25) is 0 Å². The molecule has 3 heteroatoms. The van der Waals surface area contributed by atoms with Gasteiger partial charge in [0.1, 0.15) is 0 Å². The van der Waals surface area contributed by atoms with E-state index in [0.717, 1.165) is 11.1 Å². The summed E-state index contributed by atoms with van der Waals surface area (Å²) in [7, 11) is 0. The first-order chi connectivity index (χ1) is 8.15. The predicted molar refractivity (Wildman–Crippen MR) is 63.9 cm³/mol. The first-order valence-corrected chi connectivity index (χ1v) is 5.94. The van der Waals surface area contributed by atoms with E-state index < -0.39 is 0 Å². The highest BCUT2D eigenvalue weighted by Crippen LogP contribution is 2.36. The highest BCUT2D eigenvalue weighted by atomic mass is 16.5. The highest BCUT2D eigenvalue weighted by molar-refractivity contribution is 6.01. The molecular formula is C14H16O3. The fraction of sp³-hybridized carbons (Fsp3) is 0.429. The van der Waals surface area contributed by atoms with Crippen molar-refractivity contribution in [2.75, 3.05) is 6.61 Å². The zero-order valence-corrected chi connectivity index (χ0v) is 10.1. The Morgan fingerprint density at radius 3 is 2.82 bits per heavy atom. The van der Waals surface area contributed by atoms with Gasteiger partial charge < -0.3 is 4.74 Å². The summed E-state index contributed by atoms with van der Waals surface area (Å²) in [4.78, 5) is 23.7. The van der Waals surface area contributed by atoms with E-state index in [1.807, 2.05) is 31.2 Å². The Bertz CT molecular complexity index is 451. The molecule has 0 N–H and O–H groups in total. The third kappa shape index (κ3) is 2.09. The minimum absolute atomic E-state index is 0.0387. The molecule has 2 rings (SSSR count). The van der Waals surface area contributed by atoms with Crippen LogP contribution in [0.1, 0.15) is 42.1 Å². The molecule has 2 atom stereocenters. The first kappa shape index (κ1) is 11.8. The monoisotopic (exact) mass is 232 g/mol. The normalized spacial score (nSPS) is 23.1. The Hall–Kier alpha value is -1.64. The zero-order valence-electron chi connectivity index (χ0n) is 10.1. The number of benzene rings is 1. The molecule has 0 bridgehead atoms. The average Bonchev–Trinajstić information content (AvgIpc) is 2.34. The number of hydrogen-bond acceptors (Lipinski definition) is 3. The summed E-state index contributed by atoms with van der Waals surface area (Å²) in [6, 6.07) is 7.50. The van der Waals surface area contributed by atoms with Crippen LogP contribution in [-0.4, -0.2) is 18.4 Å². The number of esters is 1. The van der Waals surface area contributed by atoms with Gasteiger partial charge in [-0.25, -0.2) is 0 Å². The third-order valence-electron chi connectivity index (χ3n) is 3.35. The molecular weight excluding hydrogens is 216 g/mol. The van der Waals surface area contributed by atoms with Crippen molar-refractivity contribution < 1.29 is 14.3 Å². The molecule has 0 heterocycles. The Balaban J connectivity index is 2.33. The van der Waals surface area contributed by atoms with E-state index in [4.69, 9.17) is 4.74 Å². The number of rotatable bonds is 2. The topological polar surface area (TPSA) is 43.4 Å². The number of hydrogen-bond donors (Lipinski definition) is 0. The minimum Gasteiger partial charge on any atom is -0.466 e. The van der Waals surface area contributed by atoms with E-state index in [1.54, 1.807) is 6.92 Å². The van der Waals surface area contributed by atoms with E-state index in [-0.39, 0.29) is 30.0 Å². The van der Waals surface area contributed by atoms with Crippen LogP contribution in [0, 0.1) is 5.92 Å². The number of ether oxygens (including phenoxy) is 1. The van der Waals surface area contributed by atoms with Crippen molar-refractivity contribution in [2.45, 2.75) is 26.2 Å². The molecule has 0 spiro atoms. The van der Waals surface area contributed by atoms with Crippen molar-refractivity contribution in [3.8, 4) is 0 Å². The first-order valence-electron chi connectivity index (χ1n) is 5.94. The number of carbonyl (C=O) groups is 2. The molecule has 0 aliphatic heterocycles. The molecule has 2 unspecified atom stereocenters. The predicted octanol–water partition coefficient (Wildman–Crippen LogP) is 2.56. The molecule has 1 aliphatic carbocycles. The van der Waals surface area contributed by atoms with Gasteiger partial charge in [0.25, 0.3) is 0 Å². The molecule has 17 heavy (non-hydrogen) atoms. The van der Waals surface area contributed by atoms with Gasteiger partial charge in [-0.15, -0.1) is 0 Å². The van der Waals surface area contributed by atoms with Gasteiger partial charge in [0.2, 0.25) is 0 Å². The lowest BCUT2D eigenvalue weighted by molar-refractivity contribution is -0.148. The summed E-state index contributed by atoms with van der Waals surface area (Å²) < 4.78 is 5.02. The van der Waals surface area contributed by atoms with Crippen LogP contribution in [0.3, 0.4) is 0 Å². The van der Waals surface area contributed by atoms with E-state index in [0.29, 0.717) is 6.61 Å². The van der Waals surface area contributed by atoms with Gasteiger partial charge in [0.05, 0.1) is 12.5 Å². The van der Waals surface area contributed by atoms with Crippen molar-refractivity contribution in [3.05, 3.63) is 35.4 Å². The maximum Gasteiger partial charge on any atom is 0.309 e. The van der Waals surface area contributed by atoms with E-state index in [9.17, 15) is 9.59 Å². The van der Waals surface area contributed by atoms with Gasteiger partial charge >= 0.3 is 5.97 Å². The quantitative estimate of drug-likeness (QED) is 0.736. The lowest BCUT2D eigenvalue weighted by Crippen LogP contribution is -2.30. The van der Waals surface area contributed by atoms with E-state index in [2.05, 4.69) is 0 Å². The standard InChI is InChI=1S/C14H16O3/c1-3-17-14(16)12-8-13(15)11-7-5-4-6-10(11)9(12)2/h4-7,9,12H,3,8H2,1-2H3. The summed E-state index contributed by atoms with van der Waals surface area (Å²) in [5, 5.41) is 0. The Labute approximate surface area is 101 Å². The number of Topliss-reactive ketones (excluding diaryl/α,β-unsaturated/α-hetero) is 1. The Kier molecular flexibility index (Phi) is 3.27. The molecule has 0 saturated carbocycles. The maximum atomic E-state index is 11.9. The lowest BCUT2D eigenvalue weighted by atomic mass is 9.75. The summed E-state index contributed by atoms with van der Waals surface area (Å²) in [5.74, 6) is -0.514. The third-order valence-corrected chi connectivity index (χ3v) is 3.35. The van der Waals surface area contributed by atoms with Gasteiger partial charge in [-0.1, -0.05) is 31.2 Å². The van der Waals surface area contributed by atoms with Crippen molar-refractivity contribution >= 4 is 11.8 Å². The van der Waals surface area contributed by atoms with Crippen LogP contribution in [-0.2, 0) is 9.53 Å². The lowest BCUT2D eigenvalue weighted by Gasteiger charge is -2.28. The van der Waals surface area contributed by atoms with Gasteiger partial charge in [-0.05, 0) is 18.4 Å². The second-order valence-electron chi connectivity index (χ2n) is 4.36. The smallest absolute Gasteiger partial charge is 0.309 e. The number of carbonyl (C=O) groups excluding carboxylic acids is 2. The van der Waals surface area contributed by atoms with Crippen molar-refractivity contribution in [1.29, 1.82) is 0 Å². The van der Waals surface area contributed by atoms with Gasteiger partial charge in [0, 0.05) is 12.0 Å². The zero-order chi connectivity index (χ0) is 12.4. The fourth-order valence-corrected chi connectivity index (χ4v) is 2.39. The molecule has 90 valence electrons. The average molecular weight is 232 g/mol. The number of fused-ring (bicyclic) bond motifs is 1. The fourth-order valence-electron chi connectivity index (χ4n) is 2.39. The Morgan fingerprint density at radius 2 is 2.12 bits per heavy atom.